The van der Waals surface area contributed by atoms with Gasteiger partial charge in [-0.3, -0.25) is 4.79 Å². The second-order valence-corrected chi connectivity index (χ2v) is 5.95. The Morgan fingerprint density at radius 1 is 1.33 bits per heavy atom. The van der Waals surface area contributed by atoms with Crippen molar-refractivity contribution < 1.29 is 18.3 Å². The topological polar surface area (TPSA) is 74.7 Å². The van der Waals surface area contributed by atoms with Crippen LogP contribution in [0.4, 0.5) is 0 Å². The summed E-state index contributed by atoms with van der Waals surface area (Å²) in [6, 6.07) is 8.02. The maximum absolute atomic E-state index is 12.3. The Hall–Kier alpha value is -1.40. The van der Waals surface area contributed by atoms with E-state index in [2.05, 4.69) is 0 Å². The number of nitrogens with zero attached hydrogens (tertiary/aromatic N) is 1. The van der Waals surface area contributed by atoms with Gasteiger partial charge in [0.1, 0.15) is 0 Å². The van der Waals surface area contributed by atoms with Crippen molar-refractivity contribution in [3.8, 4) is 0 Å². The van der Waals surface area contributed by atoms with Gasteiger partial charge in [-0.2, -0.15) is 4.31 Å². The van der Waals surface area contributed by atoms with Gasteiger partial charge in [0.05, 0.1) is 10.8 Å². The van der Waals surface area contributed by atoms with Crippen LogP contribution in [0, 0.1) is 5.92 Å². The van der Waals surface area contributed by atoms with Crippen molar-refractivity contribution in [3.63, 3.8) is 0 Å². The molecular weight excluding hydrogens is 254 g/mol. The highest BCUT2D eigenvalue weighted by Crippen LogP contribution is 2.16. The molecule has 0 aliphatic carbocycles. The lowest BCUT2D eigenvalue weighted by Crippen LogP contribution is -2.36. The molecule has 1 aromatic carbocycles. The largest absolute Gasteiger partial charge is 0.481 e. The summed E-state index contributed by atoms with van der Waals surface area (Å²) in [4.78, 5) is 11.0. The van der Waals surface area contributed by atoms with Crippen LogP contribution in [0.15, 0.2) is 35.2 Å². The average molecular weight is 271 g/mol. The summed E-state index contributed by atoms with van der Waals surface area (Å²) in [6.45, 7) is 3.40. The van der Waals surface area contributed by atoms with E-state index in [1.54, 1.807) is 25.1 Å². The van der Waals surface area contributed by atoms with Gasteiger partial charge >= 0.3 is 5.97 Å². The second-order valence-electron chi connectivity index (χ2n) is 4.01. The zero-order valence-electron chi connectivity index (χ0n) is 10.4. The minimum atomic E-state index is -3.61. The number of carbonyl (C=O) groups is 1. The third kappa shape index (κ3) is 3.30. The molecule has 5 nitrogen and oxygen atoms in total. The highest BCUT2D eigenvalue weighted by atomic mass is 32.2. The number of sulfonamides is 1. The maximum atomic E-state index is 12.3. The van der Waals surface area contributed by atoms with Crippen LogP contribution in [-0.4, -0.2) is 36.9 Å². The van der Waals surface area contributed by atoms with Crippen LogP contribution in [-0.2, 0) is 14.8 Å². The first kappa shape index (κ1) is 14.7. The van der Waals surface area contributed by atoms with Crippen LogP contribution in [0.5, 0.6) is 0 Å². The molecule has 1 aromatic rings. The molecular formula is C12H17NO4S. The molecule has 1 unspecified atom stereocenters. The van der Waals surface area contributed by atoms with E-state index in [-0.39, 0.29) is 18.0 Å². The van der Waals surface area contributed by atoms with Crippen LogP contribution >= 0.6 is 0 Å². The second kappa shape index (κ2) is 5.97. The van der Waals surface area contributed by atoms with Gasteiger partial charge in [0, 0.05) is 13.1 Å². The summed E-state index contributed by atoms with van der Waals surface area (Å²) in [5.74, 6) is -1.74. The molecule has 0 aliphatic rings. The van der Waals surface area contributed by atoms with Crippen molar-refractivity contribution in [2.24, 2.45) is 5.92 Å². The van der Waals surface area contributed by atoms with Crippen LogP contribution in [0.2, 0.25) is 0 Å². The van der Waals surface area contributed by atoms with E-state index in [0.717, 1.165) is 0 Å². The Morgan fingerprint density at radius 2 is 1.89 bits per heavy atom. The van der Waals surface area contributed by atoms with Crippen molar-refractivity contribution in [2.45, 2.75) is 18.7 Å². The van der Waals surface area contributed by atoms with Crippen LogP contribution in [0.1, 0.15) is 13.8 Å². The Morgan fingerprint density at radius 3 is 2.33 bits per heavy atom. The molecule has 0 spiro atoms. The molecule has 0 fully saturated rings. The summed E-state index contributed by atoms with van der Waals surface area (Å²) in [6.07, 6.45) is 0. The maximum Gasteiger partial charge on any atom is 0.307 e. The summed E-state index contributed by atoms with van der Waals surface area (Å²) in [5.41, 5.74) is 0. The van der Waals surface area contributed by atoms with E-state index in [1.807, 2.05) is 0 Å². The van der Waals surface area contributed by atoms with E-state index < -0.39 is 21.9 Å². The quantitative estimate of drug-likeness (QED) is 0.849. The van der Waals surface area contributed by atoms with E-state index in [9.17, 15) is 13.2 Å². The highest BCUT2D eigenvalue weighted by Gasteiger charge is 2.26. The van der Waals surface area contributed by atoms with Crippen molar-refractivity contribution in [3.05, 3.63) is 30.3 Å². The Balaban J connectivity index is 2.98. The first-order valence-corrected chi connectivity index (χ1v) is 7.11. The first-order valence-electron chi connectivity index (χ1n) is 5.67. The van der Waals surface area contributed by atoms with Gasteiger partial charge in [-0.25, -0.2) is 8.42 Å². The molecule has 0 amide bonds. The van der Waals surface area contributed by atoms with Gasteiger partial charge in [0.2, 0.25) is 10.0 Å². The standard InChI is InChI=1S/C12H17NO4S/c1-3-13(9-10(2)12(14)15)18(16,17)11-7-5-4-6-8-11/h4-8,10H,3,9H2,1-2H3,(H,14,15). The van der Waals surface area contributed by atoms with Gasteiger partial charge < -0.3 is 5.11 Å². The fourth-order valence-electron chi connectivity index (χ4n) is 1.52. The molecule has 0 aliphatic heterocycles. The summed E-state index contributed by atoms with van der Waals surface area (Å²) in [5, 5.41) is 8.84. The lowest BCUT2D eigenvalue weighted by Gasteiger charge is -2.22. The van der Waals surface area contributed by atoms with Crippen LogP contribution in [0.3, 0.4) is 0 Å². The number of benzene rings is 1. The van der Waals surface area contributed by atoms with Gasteiger partial charge in [-0.1, -0.05) is 32.0 Å². The zero-order valence-corrected chi connectivity index (χ0v) is 11.2. The fraction of sp³-hybridized carbons (Fsp3) is 0.417. The first-order chi connectivity index (χ1) is 8.39. The number of hydrogen-bond acceptors (Lipinski definition) is 3. The Bertz CT molecular complexity index is 498. The fourth-order valence-corrected chi connectivity index (χ4v) is 3.08. The van der Waals surface area contributed by atoms with E-state index in [1.165, 1.54) is 23.4 Å². The average Bonchev–Trinajstić information content (AvgIpc) is 2.36. The highest BCUT2D eigenvalue weighted by molar-refractivity contribution is 7.89. The third-order valence-electron chi connectivity index (χ3n) is 2.63. The summed E-state index contributed by atoms with van der Waals surface area (Å²) >= 11 is 0. The monoisotopic (exact) mass is 271 g/mol. The number of carboxylic acids is 1. The molecule has 0 saturated heterocycles. The predicted octanol–water partition coefficient (Wildman–Crippen LogP) is 1.42. The van der Waals surface area contributed by atoms with Gasteiger partial charge in [-0.15, -0.1) is 0 Å². The molecule has 1 N–H and O–H groups in total. The molecule has 0 bridgehead atoms. The van der Waals surface area contributed by atoms with Crippen LogP contribution < -0.4 is 0 Å². The van der Waals surface area contributed by atoms with Crippen molar-refractivity contribution in [2.75, 3.05) is 13.1 Å². The number of rotatable bonds is 6. The minimum absolute atomic E-state index is 0.0247. The lowest BCUT2D eigenvalue weighted by molar-refractivity contribution is -0.141. The third-order valence-corrected chi connectivity index (χ3v) is 4.59. The van der Waals surface area contributed by atoms with Gasteiger partial charge in [0.25, 0.3) is 0 Å². The Kier molecular flexibility index (Phi) is 4.86. The summed E-state index contributed by atoms with van der Waals surface area (Å²) in [7, 11) is -3.61. The van der Waals surface area contributed by atoms with Gasteiger partial charge in [0.15, 0.2) is 0 Å². The number of carboxylic acid groups (broad SMARTS) is 1. The lowest BCUT2D eigenvalue weighted by atomic mass is 10.2. The van der Waals surface area contributed by atoms with Crippen molar-refractivity contribution >= 4 is 16.0 Å². The molecule has 0 aromatic heterocycles. The molecule has 0 saturated carbocycles. The molecule has 100 valence electrons. The molecule has 0 radical (unpaired) electrons. The smallest absolute Gasteiger partial charge is 0.307 e. The van der Waals surface area contributed by atoms with Crippen LogP contribution in [0.25, 0.3) is 0 Å². The molecule has 1 atom stereocenters. The Labute approximate surface area is 107 Å². The van der Waals surface area contributed by atoms with E-state index in [4.69, 9.17) is 5.11 Å². The SMILES string of the molecule is CCN(CC(C)C(=O)O)S(=O)(=O)c1ccccc1. The molecule has 1 rings (SSSR count). The van der Waals surface area contributed by atoms with E-state index in [0.29, 0.717) is 0 Å². The van der Waals surface area contributed by atoms with Crippen molar-refractivity contribution in [1.29, 1.82) is 0 Å². The zero-order chi connectivity index (χ0) is 13.8. The molecule has 0 heterocycles. The van der Waals surface area contributed by atoms with Crippen molar-refractivity contribution in [1.82, 2.24) is 4.31 Å². The molecule has 6 heteroatoms. The minimum Gasteiger partial charge on any atom is -0.481 e. The molecule has 18 heavy (non-hydrogen) atoms. The summed E-state index contributed by atoms with van der Waals surface area (Å²) < 4.78 is 25.7. The predicted molar refractivity (Wildman–Crippen MR) is 67.7 cm³/mol. The number of hydrogen-bond donors (Lipinski definition) is 1. The normalized spacial score (nSPS) is 13.5. The number of aliphatic carboxylic acids is 1. The van der Waals surface area contributed by atoms with E-state index >= 15 is 0 Å². The van der Waals surface area contributed by atoms with Gasteiger partial charge in [-0.05, 0) is 12.1 Å².